The summed E-state index contributed by atoms with van der Waals surface area (Å²) in [7, 11) is 0. The van der Waals surface area contributed by atoms with Gasteiger partial charge in [0.1, 0.15) is 0 Å². The second kappa shape index (κ2) is 13.9. The summed E-state index contributed by atoms with van der Waals surface area (Å²) < 4.78 is 0. The standard InChI is InChI=1S/C60H38/c1-2-16-40(17-3-1)57-49-21-6-8-23-51(49)59(52-24-9-7-22-50(52)57)47-33-31-45-38-48(34-32-44(45)37-47)60-55-27-12-10-25-53(55)58(54-26-11-13-28-56(54)60)46-20-14-19-42(36-46)43-30-29-39-15-4-5-18-41(39)35-43/h1-38H. The second-order valence-electron chi connectivity index (χ2n) is 16.0. The molecular formula is C60H38. The van der Waals surface area contributed by atoms with Crippen LogP contribution in [-0.4, -0.2) is 0 Å². The molecule has 0 heteroatoms. The van der Waals surface area contributed by atoms with Crippen molar-refractivity contribution in [1.29, 1.82) is 0 Å². The monoisotopic (exact) mass is 758 g/mol. The van der Waals surface area contributed by atoms with E-state index in [1.54, 1.807) is 0 Å². The van der Waals surface area contributed by atoms with E-state index in [4.69, 9.17) is 0 Å². The Kier molecular flexibility index (Phi) is 7.96. The summed E-state index contributed by atoms with van der Waals surface area (Å²) in [6, 6.07) is 85.1. The molecule has 60 heavy (non-hydrogen) atoms. The Hall–Kier alpha value is -7.80. The van der Waals surface area contributed by atoms with E-state index in [1.807, 2.05) is 0 Å². The van der Waals surface area contributed by atoms with Gasteiger partial charge in [-0.3, -0.25) is 0 Å². The highest BCUT2D eigenvalue weighted by Gasteiger charge is 2.19. The quantitative estimate of drug-likeness (QED) is 0.153. The van der Waals surface area contributed by atoms with Crippen LogP contribution in [0.5, 0.6) is 0 Å². The van der Waals surface area contributed by atoms with Crippen molar-refractivity contribution < 1.29 is 0 Å². The molecule has 0 saturated carbocycles. The van der Waals surface area contributed by atoms with Crippen LogP contribution in [0.3, 0.4) is 0 Å². The third-order valence-corrected chi connectivity index (χ3v) is 12.6. The van der Waals surface area contributed by atoms with E-state index in [0.717, 1.165) is 0 Å². The first-order valence-corrected chi connectivity index (χ1v) is 20.8. The highest BCUT2D eigenvalue weighted by Crippen LogP contribution is 2.47. The Morgan fingerprint density at radius 3 is 0.917 bits per heavy atom. The molecule has 0 amide bonds. The summed E-state index contributed by atoms with van der Waals surface area (Å²) >= 11 is 0. The van der Waals surface area contributed by atoms with Crippen molar-refractivity contribution in [3.8, 4) is 55.6 Å². The van der Waals surface area contributed by atoms with Crippen LogP contribution < -0.4 is 0 Å². The van der Waals surface area contributed by atoms with E-state index in [-0.39, 0.29) is 0 Å². The van der Waals surface area contributed by atoms with Gasteiger partial charge in [-0.15, -0.1) is 0 Å². The van der Waals surface area contributed by atoms with Crippen LogP contribution in [-0.2, 0) is 0 Å². The second-order valence-corrected chi connectivity index (χ2v) is 16.0. The lowest BCUT2D eigenvalue weighted by atomic mass is 9.84. The molecule has 0 aromatic heterocycles. The fourth-order valence-electron chi connectivity index (χ4n) is 9.89. The van der Waals surface area contributed by atoms with Gasteiger partial charge in [0.25, 0.3) is 0 Å². The van der Waals surface area contributed by atoms with Gasteiger partial charge in [-0.2, -0.15) is 0 Å². The fraction of sp³-hybridized carbons (Fsp3) is 0. The number of benzene rings is 12. The van der Waals surface area contributed by atoms with Gasteiger partial charge in [0.15, 0.2) is 0 Å². The third kappa shape index (κ3) is 5.53. The van der Waals surface area contributed by atoms with Gasteiger partial charge in [0.05, 0.1) is 0 Å². The summed E-state index contributed by atoms with van der Waals surface area (Å²) in [5.74, 6) is 0. The summed E-state index contributed by atoms with van der Waals surface area (Å²) in [6.45, 7) is 0. The maximum Gasteiger partial charge on any atom is -0.00262 e. The van der Waals surface area contributed by atoms with E-state index in [9.17, 15) is 0 Å². The van der Waals surface area contributed by atoms with Gasteiger partial charge in [-0.1, -0.05) is 206 Å². The van der Waals surface area contributed by atoms with Crippen molar-refractivity contribution in [3.05, 3.63) is 231 Å². The minimum atomic E-state index is 1.22. The molecule has 0 heterocycles. The zero-order valence-corrected chi connectivity index (χ0v) is 32.9. The molecule has 12 aromatic rings. The van der Waals surface area contributed by atoms with Crippen LogP contribution in [0.25, 0.3) is 120 Å². The molecule has 0 N–H and O–H groups in total. The largest absolute Gasteiger partial charge is 0.0622 e. The molecule has 0 radical (unpaired) electrons. The van der Waals surface area contributed by atoms with Crippen molar-refractivity contribution in [3.63, 3.8) is 0 Å². The van der Waals surface area contributed by atoms with E-state index in [2.05, 4.69) is 231 Å². The maximum atomic E-state index is 2.39. The van der Waals surface area contributed by atoms with Crippen molar-refractivity contribution in [2.45, 2.75) is 0 Å². The Morgan fingerprint density at radius 1 is 0.150 bits per heavy atom. The summed E-state index contributed by atoms with van der Waals surface area (Å²) in [6.07, 6.45) is 0. The molecule has 0 atom stereocenters. The average molecular weight is 759 g/mol. The molecule has 12 rings (SSSR count). The number of rotatable bonds is 5. The van der Waals surface area contributed by atoms with Gasteiger partial charge < -0.3 is 0 Å². The Morgan fingerprint density at radius 2 is 0.433 bits per heavy atom. The molecule has 0 aliphatic rings. The SMILES string of the molecule is c1ccc(-c2c3ccccc3c(-c3ccc4cc(-c5c6ccccc6c(-c6cccc(-c7ccc8ccccc8c7)c6)c6ccccc56)ccc4c3)c3ccccc23)cc1. The Bertz CT molecular complexity index is 3530. The summed E-state index contributed by atoms with van der Waals surface area (Å²) in [5, 5.41) is 15.1. The molecule has 0 fully saturated rings. The fourth-order valence-corrected chi connectivity index (χ4v) is 9.89. The Balaban J connectivity index is 1.01. The number of hydrogen-bond acceptors (Lipinski definition) is 0. The smallest absolute Gasteiger partial charge is 0.00262 e. The van der Waals surface area contributed by atoms with Crippen LogP contribution in [0.15, 0.2) is 231 Å². The van der Waals surface area contributed by atoms with Gasteiger partial charge >= 0.3 is 0 Å². The van der Waals surface area contributed by atoms with E-state index < -0.39 is 0 Å². The molecule has 0 nitrogen and oxygen atoms in total. The van der Waals surface area contributed by atoms with Crippen molar-refractivity contribution in [2.24, 2.45) is 0 Å². The predicted molar refractivity (Wildman–Crippen MR) is 259 cm³/mol. The van der Waals surface area contributed by atoms with Crippen LogP contribution in [0.2, 0.25) is 0 Å². The molecule has 0 bridgehead atoms. The van der Waals surface area contributed by atoms with Gasteiger partial charge in [-0.25, -0.2) is 0 Å². The first-order valence-electron chi connectivity index (χ1n) is 20.8. The van der Waals surface area contributed by atoms with Crippen molar-refractivity contribution >= 4 is 64.6 Å². The highest BCUT2D eigenvalue weighted by molar-refractivity contribution is 6.23. The predicted octanol–water partition coefficient (Wildman–Crippen LogP) is 16.9. The molecule has 278 valence electrons. The average Bonchev–Trinajstić information content (AvgIpc) is 3.32. The third-order valence-electron chi connectivity index (χ3n) is 12.6. The Labute approximate surface area is 349 Å². The highest BCUT2D eigenvalue weighted by atomic mass is 14.2. The lowest BCUT2D eigenvalue weighted by Crippen LogP contribution is -1.92. The van der Waals surface area contributed by atoms with Gasteiger partial charge in [0.2, 0.25) is 0 Å². The molecule has 0 spiro atoms. The van der Waals surface area contributed by atoms with Crippen LogP contribution in [0.4, 0.5) is 0 Å². The van der Waals surface area contributed by atoms with E-state index in [1.165, 1.54) is 120 Å². The van der Waals surface area contributed by atoms with Crippen molar-refractivity contribution in [1.82, 2.24) is 0 Å². The zero-order valence-electron chi connectivity index (χ0n) is 32.9. The van der Waals surface area contributed by atoms with Crippen LogP contribution >= 0.6 is 0 Å². The van der Waals surface area contributed by atoms with E-state index >= 15 is 0 Å². The topological polar surface area (TPSA) is 0 Å². The normalized spacial score (nSPS) is 11.7. The van der Waals surface area contributed by atoms with Gasteiger partial charge in [-0.05, 0) is 145 Å². The molecule has 0 aliphatic carbocycles. The molecule has 0 aliphatic heterocycles. The van der Waals surface area contributed by atoms with Crippen LogP contribution in [0, 0.1) is 0 Å². The minimum Gasteiger partial charge on any atom is -0.0622 e. The van der Waals surface area contributed by atoms with Gasteiger partial charge in [0, 0.05) is 0 Å². The molecule has 12 aromatic carbocycles. The lowest BCUT2D eigenvalue weighted by molar-refractivity contribution is 1.63. The summed E-state index contributed by atoms with van der Waals surface area (Å²) in [5.41, 5.74) is 12.5. The number of fused-ring (bicyclic) bond motifs is 6. The minimum absolute atomic E-state index is 1.22. The molecule has 0 unspecified atom stereocenters. The molecule has 0 saturated heterocycles. The van der Waals surface area contributed by atoms with E-state index in [0.29, 0.717) is 0 Å². The first-order chi connectivity index (χ1) is 29.8. The maximum absolute atomic E-state index is 2.39. The lowest BCUT2D eigenvalue weighted by Gasteiger charge is -2.19. The molecular weight excluding hydrogens is 721 g/mol. The summed E-state index contributed by atoms with van der Waals surface area (Å²) in [4.78, 5) is 0. The zero-order chi connectivity index (χ0) is 39.6. The van der Waals surface area contributed by atoms with Crippen LogP contribution in [0.1, 0.15) is 0 Å². The number of hydrogen-bond donors (Lipinski definition) is 0. The first kappa shape index (κ1) is 34.3. The van der Waals surface area contributed by atoms with Crippen molar-refractivity contribution in [2.75, 3.05) is 0 Å².